The molecule has 1 aliphatic rings. The number of nitrogen functional groups attached to an aromatic ring is 1. The van der Waals surface area contributed by atoms with E-state index in [1.54, 1.807) is 12.1 Å². The average Bonchev–Trinajstić information content (AvgIpc) is 2.97. The van der Waals surface area contributed by atoms with Crippen LogP contribution in [-0.4, -0.2) is 24.9 Å². The first kappa shape index (κ1) is 14.0. The summed E-state index contributed by atoms with van der Waals surface area (Å²) >= 11 is 0. The zero-order chi connectivity index (χ0) is 15.8. The van der Waals surface area contributed by atoms with Crippen molar-refractivity contribution in [2.45, 2.75) is 38.1 Å². The van der Waals surface area contributed by atoms with E-state index < -0.39 is 0 Å². The summed E-state index contributed by atoms with van der Waals surface area (Å²) in [7, 11) is 0. The highest BCUT2D eigenvalue weighted by Crippen LogP contribution is 2.35. The average molecular weight is 309 g/mol. The first-order valence-corrected chi connectivity index (χ1v) is 8.02. The molecular weight excluding hydrogens is 290 g/mol. The van der Waals surface area contributed by atoms with Gasteiger partial charge in [0.25, 0.3) is 0 Å². The van der Waals surface area contributed by atoms with E-state index in [0.29, 0.717) is 11.9 Å². The molecule has 6 heteroatoms. The standard InChI is InChI=1S/C17H19N5O/c18-16-14-15(11-6-8-13(23)9-7-11)21-22(17(14)20-10-19-16)12-4-2-1-3-5-12/h6-10,12,23H,1-5H2,(H2,18,19,20). The van der Waals surface area contributed by atoms with Crippen LogP contribution in [0.5, 0.6) is 5.75 Å². The van der Waals surface area contributed by atoms with Gasteiger partial charge in [0, 0.05) is 5.56 Å². The van der Waals surface area contributed by atoms with Crippen LogP contribution in [0.2, 0.25) is 0 Å². The van der Waals surface area contributed by atoms with Crippen molar-refractivity contribution < 1.29 is 5.11 Å². The van der Waals surface area contributed by atoms with Crippen molar-refractivity contribution in [3.8, 4) is 17.0 Å². The summed E-state index contributed by atoms with van der Waals surface area (Å²) in [6, 6.07) is 7.36. The highest BCUT2D eigenvalue weighted by Gasteiger charge is 2.23. The number of aromatic hydroxyl groups is 1. The number of fused-ring (bicyclic) bond motifs is 1. The molecule has 4 rings (SSSR count). The van der Waals surface area contributed by atoms with E-state index in [-0.39, 0.29) is 5.75 Å². The SMILES string of the molecule is Nc1ncnc2c1c(-c1ccc(O)cc1)nn2C1CCCCC1. The third kappa shape index (κ3) is 2.40. The van der Waals surface area contributed by atoms with E-state index in [0.717, 1.165) is 35.1 Å². The molecule has 0 radical (unpaired) electrons. The lowest BCUT2D eigenvalue weighted by atomic mass is 9.96. The molecule has 0 amide bonds. The van der Waals surface area contributed by atoms with Crippen LogP contribution in [0.15, 0.2) is 30.6 Å². The molecule has 1 fully saturated rings. The minimum atomic E-state index is 0.231. The Balaban J connectivity index is 1.91. The molecule has 0 unspecified atom stereocenters. The Kier molecular flexibility index (Phi) is 3.37. The van der Waals surface area contributed by atoms with Crippen molar-refractivity contribution in [1.82, 2.24) is 19.7 Å². The van der Waals surface area contributed by atoms with E-state index in [9.17, 15) is 5.11 Å². The predicted molar refractivity (Wildman–Crippen MR) is 89.0 cm³/mol. The lowest BCUT2D eigenvalue weighted by Gasteiger charge is -2.22. The topological polar surface area (TPSA) is 89.8 Å². The van der Waals surface area contributed by atoms with Gasteiger partial charge in [-0.2, -0.15) is 5.10 Å². The molecule has 1 aromatic carbocycles. The Labute approximate surface area is 134 Å². The normalized spacial score (nSPS) is 16.0. The van der Waals surface area contributed by atoms with E-state index in [2.05, 4.69) is 9.97 Å². The number of aromatic nitrogens is 4. The molecule has 1 aliphatic carbocycles. The number of hydrogen-bond donors (Lipinski definition) is 2. The molecule has 0 saturated heterocycles. The summed E-state index contributed by atoms with van der Waals surface area (Å²) in [5.41, 5.74) is 8.60. The maximum Gasteiger partial charge on any atom is 0.164 e. The van der Waals surface area contributed by atoms with Crippen LogP contribution in [0.25, 0.3) is 22.3 Å². The first-order chi connectivity index (χ1) is 11.2. The Hall–Kier alpha value is -2.63. The van der Waals surface area contributed by atoms with Crippen LogP contribution in [0.1, 0.15) is 38.1 Å². The lowest BCUT2D eigenvalue weighted by Crippen LogP contribution is -2.14. The van der Waals surface area contributed by atoms with Gasteiger partial charge in [0.15, 0.2) is 5.65 Å². The van der Waals surface area contributed by atoms with Crippen molar-refractivity contribution in [2.75, 3.05) is 5.73 Å². The number of phenols is 1. The molecular formula is C17H19N5O. The number of nitrogens with zero attached hydrogens (tertiary/aromatic N) is 4. The van der Waals surface area contributed by atoms with E-state index in [4.69, 9.17) is 10.8 Å². The summed E-state index contributed by atoms with van der Waals surface area (Å²) in [5, 5.41) is 15.1. The Bertz CT molecular complexity index is 834. The number of rotatable bonds is 2. The number of phenolic OH excluding ortho intramolecular Hbond substituents is 1. The van der Waals surface area contributed by atoms with Crippen LogP contribution in [0.4, 0.5) is 5.82 Å². The fraction of sp³-hybridized carbons (Fsp3) is 0.353. The fourth-order valence-electron chi connectivity index (χ4n) is 3.40. The summed E-state index contributed by atoms with van der Waals surface area (Å²) in [6.07, 6.45) is 7.48. The third-order valence-corrected chi connectivity index (χ3v) is 4.58. The Morgan fingerprint density at radius 2 is 1.78 bits per heavy atom. The van der Waals surface area contributed by atoms with Crippen LogP contribution >= 0.6 is 0 Å². The molecule has 2 heterocycles. The highest BCUT2D eigenvalue weighted by atomic mass is 16.3. The maximum atomic E-state index is 9.51. The van der Waals surface area contributed by atoms with E-state index >= 15 is 0 Å². The van der Waals surface area contributed by atoms with Gasteiger partial charge in [-0.15, -0.1) is 0 Å². The first-order valence-electron chi connectivity index (χ1n) is 8.02. The Morgan fingerprint density at radius 3 is 2.52 bits per heavy atom. The van der Waals surface area contributed by atoms with Crippen molar-refractivity contribution in [1.29, 1.82) is 0 Å². The molecule has 23 heavy (non-hydrogen) atoms. The van der Waals surface area contributed by atoms with Crippen molar-refractivity contribution >= 4 is 16.9 Å². The third-order valence-electron chi connectivity index (χ3n) is 4.58. The van der Waals surface area contributed by atoms with Gasteiger partial charge in [0.1, 0.15) is 23.6 Å². The maximum absolute atomic E-state index is 9.51. The largest absolute Gasteiger partial charge is 0.508 e. The van der Waals surface area contributed by atoms with Gasteiger partial charge in [0.2, 0.25) is 0 Å². The second-order valence-electron chi connectivity index (χ2n) is 6.09. The molecule has 1 saturated carbocycles. The summed E-state index contributed by atoms with van der Waals surface area (Å²) in [4.78, 5) is 8.57. The van der Waals surface area contributed by atoms with Gasteiger partial charge in [-0.1, -0.05) is 19.3 Å². The number of hydrogen-bond acceptors (Lipinski definition) is 5. The molecule has 0 aliphatic heterocycles. The van der Waals surface area contributed by atoms with Gasteiger partial charge in [-0.25, -0.2) is 14.6 Å². The summed E-state index contributed by atoms with van der Waals surface area (Å²) in [6.45, 7) is 0. The quantitative estimate of drug-likeness (QED) is 0.758. The van der Waals surface area contributed by atoms with Gasteiger partial charge in [-0.3, -0.25) is 0 Å². The lowest BCUT2D eigenvalue weighted by molar-refractivity contribution is 0.336. The second kappa shape index (κ2) is 5.53. The van der Waals surface area contributed by atoms with Crippen LogP contribution in [-0.2, 0) is 0 Å². The number of benzene rings is 1. The van der Waals surface area contributed by atoms with Crippen molar-refractivity contribution in [3.63, 3.8) is 0 Å². The van der Waals surface area contributed by atoms with Gasteiger partial charge in [0.05, 0.1) is 11.4 Å². The fourth-order valence-corrected chi connectivity index (χ4v) is 3.40. The van der Waals surface area contributed by atoms with Crippen LogP contribution < -0.4 is 5.73 Å². The van der Waals surface area contributed by atoms with E-state index in [1.165, 1.54) is 25.6 Å². The zero-order valence-corrected chi connectivity index (χ0v) is 12.8. The molecule has 3 N–H and O–H groups in total. The second-order valence-corrected chi connectivity index (χ2v) is 6.09. The van der Waals surface area contributed by atoms with Gasteiger partial charge in [-0.05, 0) is 37.1 Å². The predicted octanol–water partition coefficient (Wildman–Crippen LogP) is 3.29. The van der Waals surface area contributed by atoms with Crippen LogP contribution in [0.3, 0.4) is 0 Å². The molecule has 0 spiro atoms. The van der Waals surface area contributed by atoms with E-state index in [1.807, 2.05) is 16.8 Å². The number of nitrogens with two attached hydrogens (primary N) is 1. The summed E-state index contributed by atoms with van der Waals surface area (Å²) in [5.74, 6) is 0.675. The molecule has 0 atom stereocenters. The Morgan fingerprint density at radius 1 is 1.04 bits per heavy atom. The van der Waals surface area contributed by atoms with Gasteiger partial charge >= 0.3 is 0 Å². The highest BCUT2D eigenvalue weighted by molar-refractivity contribution is 5.98. The van der Waals surface area contributed by atoms with Crippen LogP contribution in [0, 0.1) is 0 Å². The van der Waals surface area contributed by atoms with Gasteiger partial charge < -0.3 is 10.8 Å². The molecule has 118 valence electrons. The van der Waals surface area contributed by atoms with Crippen molar-refractivity contribution in [2.24, 2.45) is 0 Å². The smallest absolute Gasteiger partial charge is 0.164 e. The zero-order valence-electron chi connectivity index (χ0n) is 12.8. The minimum Gasteiger partial charge on any atom is -0.508 e. The van der Waals surface area contributed by atoms with Crippen molar-refractivity contribution in [3.05, 3.63) is 30.6 Å². The molecule has 6 nitrogen and oxygen atoms in total. The molecule has 3 aromatic rings. The molecule has 0 bridgehead atoms. The molecule has 2 aromatic heterocycles. The number of anilines is 1. The summed E-state index contributed by atoms with van der Waals surface area (Å²) < 4.78 is 2.02. The minimum absolute atomic E-state index is 0.231. The monoisotopic (exact) mass is 309 g/mol.